The van der Waals surface area contributed by atoms with Gasteiger partial charge in [0, 0.05) is 12.1 Å². The molecular weight excluding hydrogens is 310 g/mol. The molecule has 23 heavy (non-hydrogen) atoms. The number of aryl methyl sites for hydroxylation is 3. The first-order chi connectivity index (χ1) is 10.9. The van der Waals surface area contributed by atoms with E-state index in [9.17, 15) is 9.59 Å². The van der Waals surface area contributed by atoms with Crippen LogP contribution in [0.3, 0.4) is 0 Å². The lowest BCUT2D eigenvalue weighted by atomic mass is 9.99. The van der Waals surface area contributed by atoms with Gasteiger partial charge in [-0.2, -0.15) is 0 Å². The molecule has 1 aromatic heterocycles. The molecule has 0 atom stereocenters. The molecule has 0 radical (unpaired) electrons. The predicted octanol–water partition coefficient (Wildman–Crippen LogP) is 3.27. The average molecular weight is 333 g/mol. The van der Waals surface area contributed by atoms with Crippen molar-refractivity contribution in [2.24, 2.45) is 0 Å². The molecule has 124 valence electrons. The molecule has 0 aliphatic rings. The summed E-state index contributed by atoms with van der Waals surface area (Å²) < 4.78 is 1.61. The number of H-pyrrole nitrogens is 1. The number of carbonyl (C=O) groups is 1. The van der Waals surface area contributed by atoms with E-state index in [1.54, 1.807) is 4.57 Å². The summed E-state index contributed by atoms with van der Waals surface area (Å²) in [6.45, 7) is 8.71. The minimum atomic E-state index is -0.212. The fourth-order valence-electron chi connectivity index (χ4n) is 2.40. The van der Waals surface area contributed by atoms with Gasteiger partial charge in [0.2, 0.25) is 0 Å². The molecule has 1 N–H and O–H groups in total. The Morgan fingerprint density at radius 1 is 1.22 bits per heavy atom. The van der Waals surface area contributed by atoms with Crippen molar-refractivity contribution < 1.29 is 4.79 Å². The number of hydrogen-bond acceptors (Lipinski definition) is 4. The average Bonchev–Trinajstić information content (AvgIpc) is 2.86. The van der Waals surface area contributed by atoms with Crippen molar-refractivity contribution in [1.82, 2.24) is 14.8 Å². The van der Waals surface area contributed by atoms with Crippen molar-refractivity contribution in [2.45, 2.75) is 52.2 Å². The summed E-state index contributed by atoms with van der Waals surface area (Å²) in [5.41, 5.74) is 3.83. The van der Waals surface area contributed by atoms with E-state index in [1.165, 1.54) is 17.3 Å². The SMILES string of the molecule is CCCCn1c(SCC(=O)c2cc(C)c(C)cc2C)n[nH]c1=O. The highest BCUT2D eigenvalue weighted by Crippen LogP contribution is 2.20. The number of nitrogens with zero attached hydrogens (tertiary/aromatic N) is 2. The van der Waals surface area contributed by atoms with E-state index in [4.69, 9.17) is 0 Å². The molecule has 0 unspecified atom stereocenters. The first kappa shape index (κ1) is 17.5. The summed E-state index contributed by atoms with van der Waals surface area (Å²) in [6.07, 6.45) is 1.92. The number of Topliss-reactive ketones (excluding diaryl/α,β-unsaturated/α-hetero) is 1. The number of rotatable bonds is 7. The highest BCUT2D eigenvalue weighted by molar-refractivity contribution is 7.99. The van der Waals surface area contributed by atoms with Crippen molar-refractivity contribution >= 4 is 17.5 Å². The summed E-state index contributed by atoms with van der Waals surface area (Å²) in [7, 11) is 0. The van der Waals surface area contributed by atoms with Gasteiger partial charge in [-0.1, -0.05) is 31.2 Å². The fourth-order valence-corrected chi connectivity index (χ4v) is 3.25. The van der Waals surface area contributed by atoms with Gasteiger partial charge in [0.1, 0.15) is 0 Å². The van der Waals surface area contributed by atoms with Gasteiger partial charge >= 0.3 is 5.69 Å². The Morgan fingerprint density at radius 2 is 1.91 bits per heavy atom. The summed E-state index contributed by atoms with van der Waals surface area (Å²) >= 11 is 1.31. The van der Waals surface area contributed by atoms with Gasteiger partial charge in [0.05, 0.1) is 5.75 Å². The van der Waals surface area contributed by atoms with Crippen LogP contribution in [0.25, 0.3) is 0 Å². The van der Waals surface area contributed by atoms with Crippen LogP contribution in [0.5, 0.6) is 0 Å². The fraction of sp³-hybridized carbons (Fsp3) is 0.471. The molecule has 0 amide bonds. The van der Waals surface area contributed by atoms with Gasteiger partial charge in [-0.3, -0.25) is 9.36 Å². The van der Waals surface area contributed by atoms with E-state index in [0.29, 0.717) is 11.7 Å². The molecule has 2 aromatic rings. The van der Waals surface area contributed by atoms with Crippen molar-refractivity contribution in [3.63, 3.8) is 0 Å². The molecule has 0 aliphatic carbocycles. The Hall–Kier alpha value is -1.82. The number of thioether (sulfide) groups is 1. The van der Waals surface area contributed by atoms with E-state index in [2.05, 4.69) is 17.1 Å². The summed E-state index contributed by atoms with van der Waals surface area (Å²) in [4.78, 5) is 24.2. The predicted molar refractivity (Wildman–Crippen MR) is 93.5 cm³/mol. The lowest BCUT2D eigenvalue weighted by Gasteiger charge is -2.09. The maximum absolute atomic E-state index is 12.5. The van der Waals surface area contributed by atoms with E-state index < -0.39 is 0 Å². The first-order valence-electron chi connectivity index (χ1n) is 7.83. The van der Waals surface area contributed by atoms with Crippen LogP contribution in [0.2, 0.25) is 0 Å². The molecule has 0 spiro atoms. The minimum Gasteiger partial charge on any atom is -0.293 e. The summed E-state index contributed by atoms with van der Waals surface area (Å²) in [5.74, 6) is 0.341. The Kier molecular flexibility index (Phi) is 5.82. The van der Waals surface area contributed by atoms with Gasteiger partial charge in [0.25, 0.3) is 0 Å². The maximum Gasteiger partial charge on any atom is 0.343 e. The van der Waals surface area contributed by atoms with Crippen LogP contribution in [0, 0.1) is 20.8 Å². The van der Waals surface area contributed by atoms with E-state index in [-0.39, 0.29) is 17.2 Å². The topological polar surface area (TPSA) is 67.8 Å². The third-order valence-corrected chi connectivity index (χ3v) is 4.91. The Morgan fingerprint density at radius 3 is 2.61 bits per heavy atom. The molecule has 6 heteroatoms. The molecular formula is C17H23N3O2S. The van der Waals surface area contributed by atoms with Crippen molar-refractivity contribution in [3.8, 4) is 0 Å². The highest BCUT2D eigenvalue weighted by Gasteiger charge is 2.14. The molecule has 2 rings (SSSR count). The van der Waals surface area contributed by atoms with Gasteiger partial charge in [0.15, 0.2) is 10.9 Å². The summed E-state index contributed by atoms with van der Waals surface area (Å²) in [6, 6.07) is 3.99. The zero-order valence-electron chi connectivity index (χ0n) is 14.1. The van der Waals surface area contributed by atoms with Crippen molar-refractivity contribution in [2.75, 3.05) is 5.75 Å². The van der Waals surface area contributed by atoms with Crippen LogP contribution in [0.4, 0.5) is 0 Å². The number of benzene rings is 1. The molecule has 0 saturated carbocycles. The third kappa shape index (κ3) is 4.13. The zero-order valence-corrected chi connectivity index (χ0v) is 14.9. The molecule has 0 bridgehead atoms. The van der Waals surface area contributed by atoms with E-state index >= 15 is 0 Å². The minimum absolute atomic E-state index is 0.0630. The molecule has 0 fully saturated rings. The number of nitrogens with one attached hydrogen (secondary N) is 1. The molecule has 0 aliphatic heterocycles. The number of carbonyl (C=O) groups excluding carboxylic acids is 1. The van der Waals surface area contributed by atoms with Crippen molar-refractivity contribution in [3.05, 3.63) is 44.9 Å². The van der Waals surface area contributed by atoms with Crippen LogP contribution in [0.1, 0.15) is 46.8 Å². The normalized spacial score (nSPS) is 11.0. The first-order valence-corrected chi connectivity index (χ1v) is 8.81. The van der Waals surface area contributed by atoms with Crippen LogP contribution >= 0.6 is 11.8 Å². The molecule has 5 nitrogen and oxygen atoms in total. The second-order valence-corrected chi connectivity index (χ2v) is 6.72. The number of ketones is 1. The lowest BCUT2D eigenvalue weighted by molar-refractivity contribution is 0.102. The molecule has 0 saturated heterocycles. The molecule has 1 heterocycles. The largest absolute Gasteiger partial charge is 0.343 e. The van der Waals surface area contributed by atoms with Gasteiger partial charge < -0.3 is 0 Å². The van der Waals surface area contributed by atoms with Crippen molar-refractivity contribution in [1.29, 1.82) is 0 Å². The van der Waals surface area contributed by atoms with Crippen LogP contribution < -0.4 is 5.69 Å². The third-order valence-electron chi connectivity index (χ3n) is 3.93. The Bertz CT molecular complexity index is 762. The van der Waals surface area contributed by atoms with Gasteiger partial charge in [-0.25, -0.2) is 9.89 Å². The van der Waals surface area contributed by atoms with Crippen LogP contribution in [-0.2, 0) is 6.54 Å². The lowest BCUT2D eigenvalue weighted by Crippen LogP contribution is -2.18. The van der Waals surface area contributed by atoms with Crippen LogP contribution in [0.15, 0.2) is 22.1 Å². The number of aromatic amines is 1. The van der Waals surface area contributed by atoms with E-state index in [0.717, 1.165) is 29.5 Å². The number of hydrogen-bond donors (Lipinski definition) is 1. The second-order valence-electron chi connectivity index (χ2n) is 5.78. The summed E-state index contributed by atoms with van der Waals surface area (Å²) in [5, 5.41) is 7.07. The number of unbranched alkanes of at least 4 members (excludes halogenated alkanes) is 1. The van der Waals surface area contributed by atoms with Gasteiger partial charge in [-0.15, -0.1) is 5.10 Å². The maximum atomic E-state index is 12.5. The van der Waals surface area contributed by atoms with Gasteiger partial charge in [-0.05, 0) is 49.9 Å². The molecule has 1 aromatic carbocycles. The zero-order chi connectivity index (χ0) is 17.0. The number of aromatic nitrogens is 3. The van der Waals surface area contributed by atoms with Crippen LogP contribution in [-0.4, -0.2) is 26.3 Å². The highest BCUT2D eigenvalue weighted by atomic mass is 32.2. The Balaban J connectivity index is 2.11. The standard InChI is InChI=1S/C17H23N3O2S/c1-5-6-7-20-16(22)18-19-17(20)23-10-15(21)14-9-12(3)11(2)8-13(14)4/h8-9H,5-7,10H2,1-4H3,(H,18,22). The monoisotopic (exact) mass is 333 g/mol. The quantitative estimate of drug-likeness (QED) is 0.624. The Labute approximate surface area is 140 Å². The van der Waals surface area contributed by atoms with E-state index in [1.807, 2.05) is 32.9 Å². The second kappa shape index (κ2) is 7.64. The smallest absolute Gasteiger partial charge is 0.293 e.